The van der Waals surface area contributed by atoms with Crippen LogP contribution in [0.3, 0.4) is 0 Å². The van der Waals surface area contributed by atoms with Crippen LogP contribution >= 0.6 is 0 Å². The molecular formula is C14H32N3Y-. The number of piperazine rings is 1. The van der Waals surface area contributed by atoms with Gasteiger partial charge < -0.3 is 15.5 Å². The van der Waals surface area contributed by atoms with Crippen LogP contribution in [0.1, 0.15) is 40.5 Å². The van der Waals surface area contributed by atoms with Gasteiger partial charge in [0, 0.05) is 39.3 Å². The molecule has 2 fully saturated rings. The quantitative estimate of drug-likeness (QED) is 0.843. The molecule has 3 nitrogen and oxygen atoms in total. The summed E-state index contributed by atoms with van der Waals surface area (Å²) in [5, 5.41) is 7.78. The normalized spacial score (nSPS) is 20.7. The van der Waals surface area contributed by atoms with Crippen LogP contribution in [-0.2, 0) is 32.7 Å². The molecule has 1 N–H and O–H groups in total. The van der Waals surface area contributed by atoms with Gasteiger partial charge in [-0.15, -0.1) is 13.1 Å². The smallest absolute Gasteiger partial charge is 0.000919 e. The molecule has 0 atom stereocenters. The molecule has 18 heavy (non-hydrogen) atoms. The first kappa shape index (κ1) is 21.3. The van der Waals surface area contributed by atoms with E-state index in [0.29, 0.717) is 0 Å². The Morgan fingerprint density at radius 1 is 1.00 bits per heavy atom. The van der Waals surface area contributed by atoms with Crippen LogP contribution in [0, 0.1) is 5.92 Å². The summed E-state index contributed by atoms with van der Waals surface area (Å²) in [4.78, 5) is 2.59. The van der Waals surface area contributed by atoms with Crippen LogP contribution in [0.5, 0.6) is 0 Å². The third kappa shape index (κ3) is 9.85. The molecule has 0 amide bonds. The standard InChI is InChI=1S/C10H20N3.2C2H6.Y/c1-3-11-4-2-10(1)9-13-7-5-12-6-8-13;2*1-2;/h10-11H,1-9H2;2*1-2H3;/q-1;;;. The van der Waals surface area contributed by atoms with Crippen molar-refractivity contribution in [3.63, 3.8) is 0 Å². The van der Waals surface area contributed by atoms with Crippen LogP contribution in [0.25, 0.3) is 5.32 Å². The molecule has 2 saturated heterocycles. The van der Waals surface area contributed by atoms with Gasteiger partial charge in [0.15, 0.2) is 0 Å². The average molecular weight is 331 g/mol. The first-order valence-corrected chi connectivity index (χ1v) is 7.51. The van der Waals surface area contributed by atoms with E-state index in [0.717, 1.165) is 19.0 Å². The number of hydrogen-bond donors (Lipinski definition) is 1. The van der Waals surface area contributed by atoms with Gasteiger partial charge in [0.05, 0.1) is 0 Å². The summed E-state index contributed by atoms with van der Waals surface area (Å²) in [6.45, 7) is 16.3. The molecule has 1 radical (unpaired) electrons. The van der Waals surface area contributed by atoms with Crippen LogP contribution in [0.4, 0.5) is 0 Å². The fourth-order valence-corrected chi connectivity index (χ4v) is 2.26. The summed E-state index contributed by atoms with van der Waals surface area (Å²) in [6, 6.07) is 0. The predicted molar refractivity (Wildman–Crippen MR) is 77.8 cm³/mol. The Labute approximate surface area is 140 Å². The van der Waals surface area contributed by atoms with Gasteiger partial charge in [0.1, 0.15) is 0 Å². The minimum Gasteiger partial charge on any atom is -0.660 e. The van der Waals surface area contributed by atoms with Crippen molar-refractivity contribution in [2.45, 2.75) is 40.5 Å². The van der Waals surface area contributed by atoms with Crippen molar-refractivity contribution < 1.29 is 32.7 Å². The number of hydrogen-bond acceptors (Lipinski definition) is 2. The molecular weight excluding hydrogens is 299 g/mol. The average Bonchev–Trinajstić information content (AvgIpc) is 2.45. The van der Waals surface area contributed by atoms with E-state index in [9.17, 15) is 0 Å². The Morgan fingerprint density at radius 3 is 2.00 bits per heavy atom. The van der Waals surface area contributed by atoms with Crippen molar-refractivity contribution in [1.29, 1.82) is 0 Å². The minimum absolute atomic E-state index is 0. The summed E-state index contributed by atoms with van der Waals surface area (Å²) < 4.78 is 0. The van der Waals surface area contributed by atoms with Crippen molar-refractivity contribution in [2.75, 3.05) is 45.8 Å². The van der Waals surface area contributed by atoms with Gasteiger partial charge in [-0.05, 0) is 44.9 Å². The van der Waals surface area contributed by atoms with Gasteiger partial charge in [0.25, 0.3) is 0 Å². The molecule has 2 heterocycles. The van der Waals surface area contributed by atoms with Crippen LogP contribution < -0.4 is 5.32 Å². The summed E-state index contributed by atoms with van der Waals surface area (Å²) in [5.41, 5.74) is 0. The Hall–Kier alpha value is 0.984. The summed E-state index contributed by atoms with van der Waals surface area (Å²) in [5.74, 6) is 0.944. The first-order valence-electron chi connectivity index (χ1n) is 7.51. The van der Waals surface area contributed by atoms with E-state index < -0.39 is 0 Å². The summed E-state index contributed by atoms with van der Waals surface area (Å²) >= 11 is 0. The first-order chi connectivity index (χ1) is 8.45. The molecule has 4 heteroatoms. The van der Waals surface area contributed by atoms with Crippen LogP contribution in [0.15, 0.2) is 0 Å². The molecule has 2 aliphatic rings. The van der Waals surface area contributed by atoms with E-state index in [2.05, 4.69) is 15.5 Å². The van der Waals surface area contributed by atoms with E-state index in [1.807, 2.05) is 27.7 Å². The fraction of sp³-hybridized carbons (Fsp3) is 1.00. The minimum atomic E-state index is 0. The topological polar surface area (TPSA) is 29.4 Å². The van der Waals surface area contributed by atoms with E-state index in [1.165, 1.54) is 45.6 Å². The molecule has 0 unspecified atom stereocenters. The molecule has 2 aliphatic heterocycles. The molecule has 0 aromatic carbocycles. The van der Waals surface area contributed by atoms with E-state index in [-0.39, 0.29) is 32.7 Å². The van der Waals surface area contributed by atoms with Crippen LogP contribution in [0.2, 0.25) is 0 Å². The van der Waals surface area contributed by atoms with Crippen molar-refractivity contribution in [2.24, 2.45) is 5.92 Å². The van der Waals surface area contributed by atoms with Gasteiger partial charge >= 0.3 is 0 Å². The van der Waals surface area contributed by atoms with Gasteiger partial charge in [0.2, 0.25) is 0 Å². The molecule has 0 spiro atoms. The number of piperidine rings is 1. The zero-order valence-corrected chi connectivity index (χ0v) is 15.8. The third-order valence-corrected chi connectivity index (χ3v) is 3.12. The molecule has 0 aliphatic carbocycles. The van der Waals surface area contributed by atoms with E-state index in [1.54, 1.807) is 0 Å². The fourth-order valence-electron chi connectivity index (χ4n) is 2.26. The number of nitrogens with zero attached hydrogens (tertiary/aromatic N) is 2. The largest absolute Gasteiger partial charge is 0.660 e. The van der Waals surface area contributed by atoms with Crippen molar-refractivity contribution in [3.05, 3.63) is 5.32 Å². The van der Waals surface area contributed by atoms with Gasteiger partial charge in [-0.25, -0.2) is 0 Å². The molecule has 0 bridgehead atoms. The zero-order valence-electron chi connectivity index (χ0n) is 12.9. The maximum atomic E-state index is 4.37. The Bertz CT molecular complexity index is 128. The number of rotatable bonds is 2. The van der Waals surface area contributed by atoms with Crippen molar-refractivity contribution in [1.82, 2.24) is 10.2 Å². The number of nitrogens with one attached hydrogen (secondary N) is 1. The maximum absolute atomic E-state index is 4.37. The second-order valence-corrected chi connectivity index (χ2v) is 4.16. The van der Waals surface area contributed by atoms with Crippen LogP contribution in [-0.4, -0.2) is 50.7 Å². The van der Waals surface area contributed by atoms with Gasteiger partial charge in [-0.3, -0.25) is 0 Å². The molecule has 0 saturated carbocycles. The SMILES string of the molecule is C1CN(CC2CCNCC2)CC[N-]1.CC.CC.[Y]. The van der Waals surface area contributed by atoms with Gasteiger partial charge in [-0.2, -0.15) is 0 Å². The monoisotopic (exact) mass is 331 g/mol. The molecule has 107 valence electrons. The molecule has 0 aromatic rings. The second-order valence-electron chi connectivity index (χ2n) is 4.16. The second kappa shape index (κ2) is 16.0. The van der Waals surface area contributed by atoms with E-state index >= 15 is 0 Å². The molecule has 0 aromatic heterocycles. The van der Waals surface area contributed by atoms with Crippen molar-refractivity contribution >= 4 is 0 Å². The maximum Gasteiger partial charge on any atom is 0.000919 e. The summed E-state index contributed by atoms with van der Waals surface area (Å²) in [6.07, 6.45) is 2.74. The molecule has 2 rings (SSSR count). The zero-order chi connectivity index (χ0) is 12.9. The van der Waals surface area contributed by atoms with Gasteiger partial charge in [-0.1, -0.05) is 27.7 Å². The van der Waals surface area contributed by atoms with Crippen molar-refractivity contribution in [3.8, 4) is 0 Å². The Balaban J connectivity index is 0. The van der Waals surface area contributed by atoms with E-state index in [4.69, 9.17) is 0 Å². The Morgan fingerprint density at radius 2 is 1.50 bits per heavy atom. The Kier molecular flexibility index (Phi) is 19.0. The summed E-state index contributed by atoms with van der Waals surface area (Å²) in [7, 11) is 0. The third-order valence-electron chi connectivity index (χ3n) is 3.12. The predicted octanol–water partition coefficient (Wildman–Crippen LogP) is 2.73.